The summed E-state index contributed by atoms with van der Waals surface area (Å²) in [7, 11) is 0. The molecule has 2 aliphatic heterocycles. The molecule has 0 radical (unpaired) electrons. The van der Waals surface area contributed by atoms with Gasteiger partial charge in [0.05, 0.1) is 24.1 Å². The fourth-order valence-electron chi connectivity index (χ4n) is 4.07. The summed E-state index contributed by atoms with van der Waals surface area (Å²) in [4.78, 5) is 40.2. The molecule has 0 aliphatic carbocycles. The SMILES string of the molecule is CCOC(=O)[C@@H]1N[C@@H](c2ccccc2)[C@H]2C(=O)N(c3ccc(Br)cc3)C(=O)[C@H]21. The minimum Gasteiger partial charge on any atom is -0.465 e. The van der Waals surface area contributed by atoms with Crippen molar-refractivity contribution in [2.45, 2.75) is 19.0 Å². The van der Waals surface area contributed by atoms with Gasteiger partial charge in [0.25, 0.3) is 0 Å². The zero-order valence-corrected chi connectivity index (χ0v) is 16.8. The van der Waals surface area contributed by atoms with Gasteiger partial charge in [-0.1, -0.05) is 46.3 Å². The molecule has 6 nitrogen and oxygen atoms in total. The number of imide groups is 1. The number of rotatable bonds is 4. The van der Waals surface area contributed by atoms with E-state index in [0.717, 1.165) is 10.0 Å². The highest BCUT2D eigenvalue weighted by atomic mass is 79.9. The number of esters is 1. The summed E-state index contributed by atoms with van der Waals surface area (Å²) in [6.07, 6.45) is 0. The third-order valence-corrected chi connectivity index (χ3v) is 5.79. The van der Waals surface area contributed by atoms with Crippen molar-refractivity contribution in [3.63, 3.8) is 0 Å². The van der Waals surface area contributed by atoms with Crippen molar-refractivity contribution in [3.8, 4) is 0 Å². The van der Waals surface area contributed by atoms with Crippen LogP contribution in [0.4, 0.5) is 5.69 Å². The molecule has 4 rings (SSSR count). The average Bonchev–Trinajstić information content (AvgIpc) is 3.21. The third kappa shape index (κ3) is 3.04. The monoisotopic (exact) mass is 442 g/mol. The van der Waals surface area contributed by atoms with E-state index in [2.05, 4.69) is 21.2 Å². The molecule has 2 aromatic rings. The van der Waals surface area contributed by atoms with Crippen molar-refractivity contribution in [1.82, 2.24) is 5.32 Å². The predicted octanol–water partition coefficient (Wildman–Crippen LogP) is 2.83. The second-order valence-corrected chi connectivity index (χ2v) is 7.74. The van der Waals surface area contributed by atoms with Crippen LogP contribution in [-0.4, -0.2) is 30.4 Å². The lowest BCUT2D eigenvalue weighted by molar-refractivity contribution is -0.148. The number of hydrogen-bond donors (Lipinski definition) is 1. The zero-order valence-electron chi connectivity index (χ0n) is 15.2. The van der Waals surface area contributed by atoms with Gasteiger partial charge in [-0.2, -0.15) is 0 Å². The van der Waals surface area contributed by atoms with Gasteiger partial charge >= 0.3 is 5.97 Å². The first-order valence-corrected chi connectivity index (χ1v) is 9.93. The van der Waals surface area contributed by atoms with E-state index in [1.54, 1.807) is 31.2 Å². The van der Waals surface area contributed by atoms with Crippen LogP contribution in [0, 0.1) is 11.8 Å². The number of halogens is 1. The first kappa shape index (κ1) is 18.8. The number of ether oxygens (including phenoxy) is 1. The van der Waals surface area contributed by atoms with E-state index in [1.807, 2.05) is 30.3 Å². The van der Waals surface area contributed by atoms with Gasteiger partial charge in [0.1, 0.15) is 6.04 Å². The van der Waals surface area contributed by atoms with Crippen LogP contribution in [0.15, 0.2) is 59.1 Å². The van der Waals surface area contributed by atoms with Gasteiger partial charge < -0.3 is 4.74 Å². The van der Waals surface area contributed by atoms with Crippen molar-refractivity contribution in [2.24, 2.45) is 11.8 Å². The minimum atomic E-state index is -0.855. The van der Waals surface area contributed by atoms with Crippen molar-refractivity contribution >= 4 is 39.4 Å². The van der Waals surface area contributed by atoms with Gasteiger partial charge in [-0.05, 0) is 36.8 Å². The Morgan fingerprint density at radius 1 is 1.04 bits per heavy atom. The molecule has 2 amide bonds. The van der Waals surface area contributed by atoms with E-state index in [9.17, 15) is 14.4 Å². The van der Waals surface area contributed by atoms with Crippen LogP contribution >= 0.6 is 15.9 Å². The third-order valence-electron chi connectivity index (χ3n) is 5.26. The smallest absolute Gasteiger partial charge is 0.324 e. The molecule has 2 aromatic carbocycles. The van der Waals surface area contributed by atoms with Crippen LogP contribution in [0.1, 0.15) is 18.5 Å². The summed E-state index contributed by atoms with van der Waals surface area (Å²) in [6.45, 7) is 1.93. The molecule has 28 heavy (non-hydrogen) atoms. The highest BCUT2D eigenvalue weighted by Crippen LogP contribution is 2.45. The molecule has 0 bridgehead atoms. The molecule has 2 fully saturated rings. The Hall–Kier alpha value is -2.51. The summed E-state index contributed by atoms with van der Waals surface area (Å²) in [5.74, 6) is -2.63. The molecule has 1 N–H and O–H groups in total. The number of hydrogen-bond acceptors (Lipinski definition) is 5. The van der Waals surface area contributed by atoms with Gasteiger partial charge in [-0.3, -0.25) is 19.7 Å². The maximum atomic E-state index is 13.3. The Kier molecular flexibility index (Phi) is 5.03. The molecule has 0 aromatic heterocycles. The van der Waals surface area contributed by atoms with Crippen LogP contribution in [0.25, 0.3) is 0 Å². The summed E-state index contributed by atoms with van der Waals surface area (Å²) < 4.78 is 6.02. The fourth-order valence-corrected chi connectivity index (χ4v) is 4.33. The Labute approximate surface area is 171 Å². The van der Waals surface area contributed by atoms with E-state index < -0.39 is 29.9 Å². The normalized spacial score (nSPS) is 26.4. The van der Waals surface area contributed by atoms with Crippen LogP contribution in [0.5, 0.6) is 0 Å². The van der Waals surface area contributed by atoms with Crippen LogP contribution in [0.3, 0.4) is 0 Å². The highest BCUT2D eigenvalue weighted by Gasteiger charge is 2.61. The van der Waals surface area contributed by atoms with Gasteiger partial charge in [0, 0.05) is 10.5 Å². The number of carbonyl (C=O) groups excluding carboxylic acids is 3. The van der Waals surface area contributed by atoms with E-state index in [4.69, 9.17) is 4.74 Å². The summed E-state index contributed by atoms with van der Waals surface area (Å²) in [6, 6.07) is 15.1. The molecule has 4 atom stereocenters. The van der Waals surface area contributed by atoms with Crippen LogP contribution in [0.2, 0.25) is 0 Å². The van der Waals surface area contributed by atoms with E-state index >= 15 is 0 Å². The van der Waals surface area contributed by atoms with Gasteiger partial charge in [-0.25, -0.2) is 4.90 Å². The first-order valence-electron chi connectivity index (χ1n) is 9.14. The lowest BCUT2D eigenvalue weighted by Crippen LogP contribution is -2.44. The van der Waals surface area contributed by atoms with Gasteiger partial charge in [-0.15, -0.1) is 0 Å². The van der Waals surface area contributed by atoms with Crippen molar-refractivity contribution < 1.29 is 19.1 Å². The van der Waals surface area contributed by atoms with Crippen LogP contribution < -0.4 is 10.2 Å². The van der Waals surface area contributed by atoms with Crippen LogP contribution in [-0.2, 0) is 19.1 Å². The average molecular weight is 443 g/mol. The summed E-state index contributed by atoms with van der Waals surface area (Å²) in [5, 5.41) is 3.19. The van der Waals surface area contributed by atoms with Crippen molar-refractivity contribution in [3.05, 3.63) is 64.6 Å². The number of fused-ring (bicyclic) bond motifs is 1. The highest BCUT2D eigenvalue weighted by molar-refractivity contribution is 9.10. The number of anilines is 1. The van der Waals surface area contributed by atoms with Gasteiger partial charge in [0.2, 0.25) is 11.8 Å². The minimum absolute atomic E-state index is 0.211. The Balaban J connectivity index is 1.75. The topological polar surface area (TPSA) is 75.7 Å². The lowest BCUT2D eigenvalue weighted by atomic mass is 9.86. The second-order valence-electron chi connectivity index (χ2n) is 6.82. The maximum absolute atomic E-state index is 13.3. The largest absolute Gasteiger partial charge is 0.465 e. The molecule has 0 unspecified atom stereocenters. The molecule has 0 saturated carbocycles. The quantitative estimate of drug-likeness (QED) is 0.581. The lowest BCUT2D eigenvalue weighted by Gasteiger charge is -2.22. The molecule has 2 aliphatic rings. The molecule has 2 saturated heterocycles. The van der Waals surface area contributed by atoms with E-state index in [0.29, 0.717) is 5.69 Å². The summed E-state index contributed by atoms with van der Waals surface area (Å²) in [5.41, 5.74) is 1.37. The van der Waals surface area contributed by atoms with E-state index in [1.165, 1.54) is 4.90 Å². The molecule has 2 heterocycles. The standard InChI is InChI=1S/C21H19BrN2O4/c1-2-28-21(27)18-16-15(17(23-18)12-6-4-3-5-7-12)19(25)24(20(16)26)14-10-8-13(22)9-11-14/h3-11,15-18,23H,2H2,1H3/t15-,16+,17-,18+/m0/s1. The molecular weight excluding hydrogens is 424 g/mol. The zero-order chi connectivity index (χ0) is 19.8. The van der Waals surface area contributed by atoms with Gasteiger partial charge in [0.15, 0.2) is 0 Å². The Bertz CT molecular complexity index is 916. The first-order chi connectivity index (χ1) is 13.5. The molecule has 0 spiro atoms. The van der Waals surface area contributed by atoms with E-state index in [-0.39, 0.29) is 18.4 Å². The number of carbonyl (C=O) groups is 3. The number of nitrogens with one attached hydrogen (secondary N) is 1. The number of amides is 2. The predicted molar refractivity (Wildman–Crippen MR) is 106 cm³/mol. The number of benzene rings is 2. The molecule has 7 heteroatoms. The van der Waals surface area contributed by atoms with Crippen molar-refractivity contribution in [2.75, 3.05) is 11.5 Å². The van der Waals surface area contributed by atoms with Crippen molar-refractivity contribution in [1.29, 1.82) is 0 Å². The maximum Gasteiger partial charge on any atom is 0.324 e. The number of nitrogens with zero attached hydrogens (tertiary/aromatic N) is 1. The Morgan fingerprint density at radius 3 is 2.32 bits per heavy atom. The Morgan fingerprint density at radius 2 is 1.68 bits per heavy atom. The second kappa shape index (κ2) is 7.48. The molecule has 144 valence electrons. The fraction of sp³-hybridized carbons (Fsp3) is 0.286. The summed E-state index contributed by atoms with van der Waals surface area (Å²) >= 11 is 3.36. The molecular formula is C21H19BrN2O4.